The fourth-order valence-electron chi connectivity index (χ4n) is 3.89. The maximum absolute atomic E-state index is 14.4. The second-order valence-electron chi connectivity index (χ2n) is 7.55. The van der Waals surface area contributed by atoms with Crippen LogP contribution in [0.1, 0.15) is 6.42 Å². The minimum atomic E-state index is -1.03. The minimum Gasteiger partial charge on any atom is -0.493 e. The van der Waals surface area contributed by atoms with E-state index in [1.807, 2.05) is 0 Å². The van der Waals surface area contributed by atoms with E-state index in [1.165, 1.54) is 21.3 Å². The highest BCUT2D eigenvalue weighted by molar-refractivity contribution is 5.87. The molecule has 33 heavy (non-hydrogen) atoms. The number of pyridine rings is 2. The van der Waals surface area contributed by atoms with Crippen LogP contribution in [-0.2, 0) is 4.79 Å². The molecule has 1 unspecified atom stereocenters. The number of ether oxygens (including phenoxy) is 4. The van der Waals surface area contributed by atoms with Crippen molar-refractivity contribution in [3.8, 4) is 34.4 Å². The number of benzene rings is 1. The van der Waals surface area contributed by atoms with Crippen LogP contribution in [0.25, 0.3) is 22.2 Å². The van der Waals surface area contributed by atoms with E-state index in [-0.39, 0.29) is 18.2 Å². The van der Waals surface area contributed by atoms with E-state index in [9.17, 15) is 9.18 Å². The number of nitrogens with one attached hydrogen (secondary N) is 1. The molecule has 1 amide bonds. The van der Waals surface area contributed by atoms with Crippen molar-refractivity contribution in [2.24, 2.45) is 5.92 Å². The Balaban J connectivity index is 1.82. The quantitative estimate of drug-likeness (QED) is 0.556. The third-order valence-corrected chi connectivity index (χ3v) is 5.51. The number of carbonyl (C=O) groups is 1. The summed E-state index contributed by atoms with van der Waals surface area (Å²) in [6.45, 7) is 3.73. The lowest BCUT2D eigenvalue weighted by Crippen LogP contribution is -2.29. The molecule has 0 saturated carbocycles. The number of nitrogens with zero attached hydrogens (tertiary/aromatic N) is 2. The Labute approximate surface area is 190 Å². The number of aromatic nitrogens is 2. The summed E-state index contributed by atoms with van der Waals surface area (Å²) in [4.78, 5) is 20.8. The van der Waals surface area contributed by atoms with E-state index in [2.05, 4.69) is 21.9 Å². The molecular weight excluding hydrogens is 429 g/mol. The molecular formula is C24H24FN3O5. The van der Waals surface area contributed by atoms with Crippen LogP contribution in [0, 0.1) is 5.92 Å². The molecule has 0 radical (unpaired) electrons. The number of carbonyl (C=O) groups excluding carboxylic acids is 1. The van der Waals surface area contributed by atoms with Crippen LogP contribution in [0.4, 0.5) is 4.39 Å². The number of fused-ring (bicyclic) bond motifs is 1. The van der Waals surface area contributed by atoms with E-state index in [4.69, 9.17) is 18.9 Å². The van der Waals surface area contributed by atoms with E-state index in [0.29, 0.717) is 46.0 Å². The summed E-state index contributed by atoms with van der Waals surface area (Å²) in [5.74, 6) is 0.340. The number of methoxy groups -OCH3 is 3. The Hall–Kier alpha value is -3.88. The topological polar surface area (TPSA) is 91.8 Å². The van der Waals surface area contributed by atoms with Crippen LogP contribution in [0.3, 0.4) is 0 Å². The average molecular weight is 453 g/mol. The number of hydrogen-bond acceptors (Lipinski definition) is 7. The minimum absolute atomic E-state index is 0.149. The smallest absolute Gasteiger partial charge is 0.224 e. The second-order valence-corrected chi connectivity index (χ2v) is 7.55. The van der Waals surface area contributed by atoms with Crippen molar-refractivity contribution in [3.63, 3.8) is 0 Å². The molecule has 1 aliphatic rings. The van der Waals surface area contributed by atoms with Gasteiger partial charge >= 0.3 is 0 Å². The third-order valence-electron chi connectivity index (χ3n) is 5.51. The predicted molar refractivity (Wildman–Crippen MR) is 120 cm³/mol. The van der Waals surface area contributed by atoms with Gasteiger partial charge in [-0.3, -0.25) is 9.78 Å². The molecule has 1 aromatic carbocycles. The predicted octanol–water partition coefficient (Wildman–Crippen LogP) is 3.69. The van der Waals surface area contributed by atoms with Crippen molar-refractivity contribution in [3.05, 3.63) is 48.9 Å². The van der Waals surface area contributed by atoms with Gasteiger partial charge in [-0.2, -0.15) is 0 Å². The summed E-state index contributed by atoms with van der Waals surface area (Å²) in [6, 6.07) is 8.85. The second kappa shape index (κ2) is 9.32. The van der Waals surface area contributed by atoms with E-state index >= 15 is 0 Å². The molecule has 2 aromatic heterocycles. The van der Waals surface area contributed by atoms with Crippen molar-refractivity contribution < 1.29 is 28.1 Å². The zero-order chi connectivity index (χ0) is 23.5. The fourth-order valence-corrected chi connectivity index (χ4v) is 3.89. The van der Waals surface area contributed by atoms with Crippen LogP contribution < -0.4 is 24.3 Å². The molecule has 4 rings (SSSR count). The molecule has 8 nitrogen and oxygen atoms in total. The Morgan fingerprint density at radius 2 is 1.91 bits per heavy atom. The molecule has 9 heteroatoms. The number of amides is 1. The van der Waals surface area contributed by atoms with Crippen LogP contribution in [0.15, 0.2) is 48.9 Å². The highest BCUT2D eigenvalue weighted by atomic mass is 19.1. The fraction of sp³-hybridized carbons (Fsp3) is 0.292. The number of halogens is 1. The van der Waals surface area contributed by atoms with Gasteiger partial charge in [0.25, 0.3) is 0 Å². The lowest BCUT2D eigenvalue weighted by atomic mass is 10.0. The van der Waals surface area contributed by atoms with Crippen LogP contribution in [0.2, 0.25) is 0 Å². The number of hydrogen-bond donors (Lipinski definition) is 1. The number of rotatable bonds is 8. The van der Waals surface area contributed by atoms with Crippen molar-refractivity contribution >= 4 is 16.8 Å². The molecule has 3 heterocycles. The van der Waals surface area contributed by atoms with Crippen molar-refractivity contribution in [1.82, 2.24) is 15.3 Å². The van der Waals surface area contributed by atoms with Crippen LogP contribution in [-0.4, -0.2) is 49.9 Å². The maximum Gasteiger partial charge on any atom is 0.224 e. The monoisotopic (exact) mass is 453 g/mol. The van der Waals surface area contributed by atoms with E-state index < -0.39 is 17.8 Å². The molecule has 172 valence electrons. The summed E-state index contributed by atoms with van der Waals surface area (Å²) < 4.78 is 36.7. The maximum atomic E-state index is 14.4. The van der Waals surface area contributed by atoms with Crippen LogP contribution >= 0.6 is 0 Å². The first-order valence-corrected chi connectivity index (χ1v) is 10.3. The molecule has 0 aliphatic carbocycles. The average Bonchev–Trinajstić information content (AvgIpc) is 3.26. The van der Waals surface area contributed by atoms with E-state index in [1.54, 1.807) is 36.5 Å². The lowest BCUT2D eigenvalue weighted by molar-refractivity contribution is -0.119. The molecule has 0 spiro atoms. The van der Waals surface area contributed by atoms with Gasteiger partial charge in [0, 0.05) is 30.6 Å². The normalized spacial score (nSPS) is 16.2. The van der Waals surface area contributed by atoms with Gasteiger partial charge < -0.3 is 24.3 Å². The Bertz CT molecular complexity index is 1190. The first-order valence-electron chi connectivity index (χ1n) is 10.3. The van der Waals surface area contributed by atoms with Gasteiger partial charge in [0.2, 0.25) is 17.5 Å². The zero-order valence-corrected chi connectivity index (χ0v) is 18.6. The highest BCUT2D eigenvalue weighted by Crippen LogP contribution is 2.42. The first-order chi connectivity index (χ1) is 15.9. The Kier molecular flexibility index (Phi) is 6.30. The Morgan fingerprint density at radius 1 is 1.18 bits per heavy atom. The largest absolute Gasteiger partial charge is 0.493 e. The molecule has 3 aromatic rings. The standard InChI is InChI=1S/C24H24FN3O5/c1-13(25)22(15-10-21(29)27-12-15)33-24-16-6-5-7-26-18(16)11-17(28-24)14-8-19(30-2)23(32-4)20(9-14)31-3/h5-9,11,15,22H,1,10,12H2,2-4H3,(H,27,29)/t15-,22?/m1/s1. The first kappa shape index (κ1) is 22.3. The molecule has 1 saturated heterocycles. The SMILES string of the molecule is C=C(F)C(Oc1nc(-c2cc(OC)c(OC)c(OC)c2)cc2ncccc12)[C@H]1CNC(=O)C1. The molecule has 1 fully saturated rings. The van der Waals surface area contributed by atoms with Gasteiger partial charge in [-0.25, -0.2) is 9.37 Å². The highest BCUT2D eigenvalue weighted by Gasteiger charge is 2.34. The summed E-state index contributed by atoms with van der Waals surface area (Å²) in [5, 5.41) is 3.31. The van der Waals surface area contributed by atoms with Crippen LogP contribution in [0.5, 0.6) is 23.1 Å². The van der Waals surface area contributed by atoms with Crippen molar-refractivity contribution in [1.29, 1.82) is 0 Å². The molecule has 2 atom stereocenters. The summed E-state index contributed by atoms with van der Waals surface area (Å²) >= 11 is 0. The summed E-state index contributed by atoms with van der Waals surface area (Å²) in [7, 11) is 4.58. The lowest BCUT2D eigenvalue weighted by Gasteiger charge is -2.22. The van der Waals surface area contributed by atoms with Crippen molar-refractivity contribution in [2.75, 3.05) is 27.9 Å². The molecule has 0 bridgehead atoms. The molecule has 1 aliphatic heterocycles. The summed E-state index contributed by atoms with van der Waals surface area (Å²) in [5.41, 5.74) is 1.78. The van der Waals surface area contributed by atoms with Gasteiger partial charge in [0.05, 0.1) is 37.9 Å². The molecule has 1 N–H and O–H groups in total. The van der Waals surface area contributed by atoms with Gasteiger partial charge in [-0.05, 0) is 30.3 Å². The Morgan fingerprint density at radius 3 is 2.48 bits per heavy atom. The van der Waals surface area contributed by atoms with E-state index in [0.717, 1.165) is 0 Å². The third kappa shape index (κ3) is 4.39. The van der Waals surface area contributed by atoms with Gasteiger partial charge in [-0.15, -0.1) is 0 Å². The van der Waals surface area contributed by atoms with Crippen molar-refractivity contribution in [2.45, 2.75) is 12.5 Å². The van der Waals surface area contributed by atoms with Gasteiger partial charge in [0.15, 0.2) is 17.6 Å². The van der Waals surface area contributed by atoms with Gasteiger partial charge in [-0.1, -0.05) is 6.58 Å². The summed E-state index contributed by atoms with van der Waals surface area (Å²) in [6.07, 6.45) is 0.766. The van der Waals surface area contributed by atoms with Gasteiger partial charge in [0.1, 0.15) is 5.83 Å². The zero-order valence-electron chi connectivity index (χ0n) is 18.6.